The molecular weight excluding hydrogens is 506 g/mol. The van der Waals surface area contributed by atoms with Gasteiger partial charge in [-0.1, -0.05) is 42.5 Å². The number of hydrogen-bond donors (Lipinski definition) is 1. The van der Waals surface area contributed by atoms with Gasteiger partial charge in [0.2, 0.25) is 0 Å². The second-order valence-corrected chi connectivity index (χ2v) is 10.8. The van der Waals surface area contributed by atoms with Crippen molar-refractivity contribution in [3.8, 4) is 16.9 Å². The summed E-state index contributed by atoms with van der Waals surface area (Å²) in [5, 5.41) is 8.23. The minimum atomic E-state index is -0.0748. The van der Waals surface area contributed by atoms with Gasteiger partial charge in [-0.25, -0.2) is 19.6 Å². The lowest BCUT2D eigenvalue weighted by Crippen LogP contribution is -2.24. The summed E-state index contributed by atoms with van der Waals surface area (Å²) in [6.45, 7) is 4.31. The van der Waals surface area contributed by atoms with Crippen LogP contribution >= 0.6 is 11.3 Å². The Morgan fingerprint density at radius 3 is 2.64 bits per heavy atom. The van der Waals surface area contributed by atoms with Crippen LogP contribution in [0.25, 0.3) is 49.0 Å². The molecule has 190 valence electrons. The Morgan fingerprint density at radius 1 is 0.949 bits per heavy atom. The number of nitrogen functional groups attached to an aromatic ring is 1. The highest BCUT2D eigenvalue weighted by Crippen LogP contribution is 2.34. The topological polar surface area (TPSA) is 105 Å². The van der Waals surface area contributed by atoms with Crippen molar-refractivity contribution in [1.82, 2.24) is 29.3 Å². The Kier molecular flexibility index (Phi) is 5.27. The first kappa shape index (κ1) is 23.2. The van der Waals surface area contributed by atoms with Crippen molar-refractivity contribution in [2.24, 2.45) is 0 Å². The van der Waals surface area contributed by atoms with Crippen LogP contribution in [0.3, 0.4) is 0 Å². The van der Waals surface area contributed by atoms with Gasteiger partial charge in [0.25, 0.3) is 5.56 Å². The second kappa shape index (κ2) is 8.85. The molecule has 4 heterocycles. The second-order valence-electron chi connectivity index (χ2n) is 9.53. The van der Waals surface area contributed by atoms with E-state index in [9.17, 15) is 4.79 Å². The van der Waals surface area contributed by atoms with E-state index >= 15 is 0 Å². The Hall–Kier alpha value is -4.89. The van der Waals surface area contributed by atoms with E-state index in [4.69, 9.17) is 10.8 Å². The molecular formula is C30H23N7OS. The predicted molar refractivity (Wildman–Crippen MR) is 156 cm³/mol. The zero-order chi connectivity index (χ0) is 26.7. The van der Waals surface area contributed by atoms with E-state index < -0.39 is 0 Å². The number of hydrogen-bond acceptors (Lipinski definition) is 7. The zero-order valence-electron chi connectivity index (χ0n) is 21.3. The van der Waals surface area contributed by atoms with Crippen LogP contribution in [0.4, 0.5) is 5.82 Å². The minimum absolute atomic E-state index is 0.0748. The molecule has 0 aliphatic heterocycles. The van der Waals surface area contributed by atoms with Gasteiger partial charge >= 0.3 is 0 Å². The third kappa shape index (κ3) is 3.78. The molecule has 0 fully saturated rings. The fraction of sp³-hybridized carbons (Fsp3) is 0.100. The van der Waals surface area contributed by atoms with Crippen molar-refractivity contribution >= 4 is 49.2 Å². The number of nitrogens with zero attached hydrogens (tertiary/aromatic N) is 6. The maximum absolute atomic E-state index is 13.8. The monoisotopic (exact) mass is 529 g/mol. The Bertz CT molecular complexity index is 2120. The molecule has 0 saturated carbocycles. The fourth-order valence-electron chi connectivity index (χ4n) is 5.19. The summed E-state index contributed by atoms with van der Waals surface area (Å²) in [5.41, 5.74) is 12.1. The molecule has 0 radical (unpaired) electrons. The number of aryl methyl sites for hydroxylation is 2. The Balaban J connectivity index is 1.46. The van der Waals surface area contributed by atoms with Crippen molar-refractivity contribution in [2.75, 3.05) is 5.73 Å². The average molecular weight is 530 g/mol. The molecule has 39 heavy (non-hydrogen) atoms. The highest BCUT2D eigenvalue weighted by Gasteiger charge is 2.20. The van der Waals surface area contributed by atoms with Gasteiger partial charge in [0.05, 0.1) is 32.8 Å². The number of benzene rings is 3. The number of para-hydroxylation sites is 1. The lowest BCUT2D eigenvalue weighted by Gasteiger charge is -2.17. The van der Waals surface area contributed by atoms with Crippen molar-refractivity contribution in [3.05, 3.63) is 106 Å². The van der Waals surface area contributed by atoms with Crippen molar-refractivity contribution < 1.29 is 0 Å². The normalized spacial score (nSPS) is 11.6. The average Bonchev–Trinajstić information content (AvgIpc) is 3.49. The van der Waals surface area contributed by atoms with Gasteiger partial charge in [0, 0.05) is 16.6 Å². The summed E-state index contributed by atoms with van der Waals surface area (Å²) in [6, 6.07) is 23.7. The number of nitrogens with two attached hydrogens (primary N) is 1. The molecule has 7 aromatic rings. The van der Waals surface area contributed by atoms with Gasteiger partial charge in [-0.3, -0.25) is 9.36 Å². The van der Waals surface area contributed by atoms with Gasteiger partial charge in [-0.05, 0) is 55.1 Å². The molecule has 0 bridgehead atoms. The van der Waals surface area contributed by atoms with Crippen LogP contribution in [-0.4, -0.2) is 29.3 Å². The summed E-state index contributed by atoms with van der Waals surface area (Å²) in [7, 11) is 0. The first-order chi connectivity index (χ1) is 19.0. The van der Waals surface area contributed by atoms with Gasteiger partial charge in [0.1, 0.15) is 17.8 Å². The van der Waals surface area contributed by atoms with Crippen LogP contribution in [0.2, 0.25) is 0 Å². The molecule has 4 aromatic heterocycles. The summed E-state index contributed by atoms with van der Waals surface area (Å²) >= 11 is 1.64. The number of aromatic nitrogens is 6. The summed E-state index contributed by atoms with van der Waals surface area (Å²) in [6.07, 6.45) is 1.45. The van der Waals surface area contributed by atoms with Crippen molar-refractivity contribution in [1.29, 1.82) is 0 Å². The Labute approximate surface area is 227 Å². The summed E-state index contributed by atoms with van der Waals surface area (Å²) in [4.78, 5) is 27.3. The van der Waals surface area contributed by atoms with Crippen LogP contribution in [0, 0.1) is 13.8 Å². The van der Waals surface area contributed by atoms with Crippen LogP contribution in [-0.2, 0) is 6.54 Å². The van der Waals surface area contributed by atoms with Crippen molar-refractivity contribution in [3.63, 3.8) is 0 Å². The van der Waals surface area contributed by atoms with Gasteiger partial charge < -0.3 is 5.73 Å². The molecule has 0 unspecified atom stereocenters. The zero-order valence-corrected chi connectivity index (χ0v) is 22.1. The van der Waals surface area contributed by atoms with E-state index in [1.165, 1.54) is 6.33 Å². The van der Waals surface area contributed by atoms with E-state index in [1.54, 1.807) is 15.9 Å². The molecule has 7 rings (SSSR count). The lowest BCUT2D eigenvalue weighted by molar-refractivity contribution is 0.672. The maximum atomic E-state index is 13.8. The van der Waals surface area contributed by atoms with Gasteiger partial charge in [-0.2, -0.15) is 5.10 Å². The highest BCUT2D eigenvalue weighted by atomic mass is 32.1. The SMILES string of the molecule is Cc1nc2ccc(-c3nn(Cc4cc5ccccc5c(=O)n4-c4ccccc4C)c4ncnc(N)c34)cc2s1. The van der Waals surface area contributed by atoms with E-state index in [0.29, 0.717) is 34.5 Å². The molecule has 0 aliphatic carbocycles. The van der Waals surface area contributed by atoms with Crippen LogP contribution < -0.4 is 11.3 Å². The quantitative estimate of drug-likeness (QED) is 0.316. The fourth-order valence-corrected chi connectivity index (χ4v) is 6.06. The number of pyridine rings is 1. The third-order valence-electron chi connectivity index (χ3n) is 7.00. The predicted octanol–water partition coefficient (Wildman–Crippen LogP) is 5.65. The number of fused-ring (bicyclic) bond motifs is 3. The van der Waals surface area contributed by atoms with E-state index in [1.807, 2.05) is 85.3 Å². The number of anilines is 1. The molecule has 0 amide bonds. The van der Waals surface area contributed by atoms with Gasteiger partial charge in [0.15, 0.2) is 5.65 Å². The molecule has 0 saturated heterocycles. The number of rotatable bonds is 4. The molecule has 8 nitrogen and oxygen atoms in total. The van der Waals surface area contributed by atoms with E-state index in [2.05, 4.69) is 21.0 Å². The first-order valence-electron chi connectivity index (χ1n) is 12.5. The molecule has 0 atom stereocenters. The number of thiazole rings is 1. The molecule has 0 spiro atoms. The standard InChI is InChI=1S/C30H23N7OS/c1-17-7-3-6-10-24(17)37-21(13-19-8-4-5-9-22(19)30(37)38)15-36-29-26(28(31)32-16-33-29)27(35-36)20-11-12-23-25(14-20)39-18(2)34-23/h3-14,16H,15H2,1-2H3,(H2,31,32,33). The van der Waals surface area contributed by atoms with Crippen LogP contribution in [0.1, 0.15) is 16.3 Å². The van der Waals surface area contributed by atoms with E-state index in [0.717, 1.165) is 43.1 Å². The highest BCUT2D eigenvalue weighted by molar-refractivity contribution is 7.18. The molecule has 9 heteroatoms. The maximum Gasteiger partial charge on any atom is 0.263 e. The Morgan fingerprint density at radius 2 is 1.77 bits per heavy atom. The summed E-state index contributed by atoms with van der Waals surface area (Å²) < 4.78 is 4.66. The molecule has 2 N–H and O–H groups in total. The molecule has 3 aromatic carbocycles. The van der Waals surface area contributed by atoms with Crippen LogP contribution in [0.5, 0.6) is 0 Å². The largest absolute Gasteiger partial charge is 0.383 e. The molecule has 0 aliphatic rings. The lowest BCUT2D eigenvalue weighted by atomic mass is 10.1. The minimum Gasteiger partial charge on any atom is -0.383 e. The smallest absolute Gasteiger partial charge is 0.263 e. The first-order valence-corrected chi connectivity index (χ1v) is 13.3. The van der Waals surface area contributed by atoms with E-state index in [-0.39, 0.29) is 5.56 Å². The summed E-state index contributed by atoms with van der Waals surface area (Å²) in [5.74, 6) is 0.358. The third-order valence-corrected chi connectivity index (χ3v) is 7.93. The van der Waals surface area contributed by atoms with Gasteiger partial charge in [-0.15, -0.1) is 11.3 Å². The van der Waals surface area contributed by atoms with Crippen molar-refractivity contribution in [2.45, 2.75) is 20.4 Å². The van der Waals surface area contributed by atoms with Crippen LogP contribution in [0.15, 0.2) is 83.9 Å².